The van der Waals surface area contributed by atoms with Crippen molar-refractivity contribution in [2.24, 2.45) is 0 Å². The molecule has 0 atom stereocenters. The lowest BCUT2D eigenvalue weighted by molar-refractivity contribution is 0.955. The van der Waals surface area contributed by atoms with Crippen LogP contribution in [0.2, 0.25) is 0 Å². The summed E-state index contributed by atoms with van der Waals surface area (Å²) in [7, 11) is 0. The van der Waals surface area contributed by atoms with Gasteiger partial charge in [-0.2, -0.15) is 9.97 Å². The fraction of sp³-hybridized carbons (Fsp3) is 0. The molecule has 0 spiro atoms. The third kappa shape index (κ3) is 3.44. The number of fused-ring (bicyclic) bond motifs is 9. The van der Waals surface area contributed by atoms with Gasteiger partial charge in [0.2, 0.25) is 5.95 Å². The van der Waals surface area contributed by atoms with Gasteiger partial charge in [0.15, 0.2) is 11.6 Å². The smallest absolute Gasteiger partial charge is 0.238 e. The summed E-state index contributed by atoms with van der Waals surface area (Å²) >= 11 is 1.84. The van der Waals surface area contributed by atoms with Crippen molar-refractivity contribution >= 4 is 64.1 Å². The van der Waals surface area contributed by atoms with Crippen LogP contribution in [0.25, 0.3) is 81.5 Å². The molecule has 0 amide bonds. The number of benzene rings is 6. The zero-order valence-corrected chi connectivity index (χ0v) is 23.2. The normalized spacial score (nSPS) is 11.8. The number of nitrogens with zero attached hydrogens (tertiary/aromatic N) is 4. The van der Waals surface area contributed by atoms with Crippen molar-refractivity contribution in [3.8, 4) is 28.7 Å². The third-order valence-corrected chi connectivity index (χ3v) is 9.18. The van der Waals surface area contributed by atoms with E-state index in [0.29, 0.717) is 17.6 Å². The quantitative estimate of drug-likeness (QED) is 0.218. The molecule has 0 saturated heterocycles. The second kappa shape index (κ2) is 9.06. The molecule has 42 heavy (non-hydrogen) atoms. The molecule has 0 saturated carbocycles. The van der Waals surface area contributed by atoms with E-state index in [1.165, 1.54) is 41.7 Å². The number of thiophene rings is 1. The second-order valence-corrected chi connectivity index (χ2v) is 11.5. The summed E-state index contributed by atoms with van der Waals surface area (Å²) in [5.41, 5.74) is 4.10. The second-order valence-electron chi connectivity index (χ2n) is 10.5. The third-order valence-electron chi connectivity index (χ3n) is 8.04. The summed E-state index contributed by atoms with van der Waals surface area (Å²) < 4.78 is 4.82. The van der Waals surface area contributed by atoms with E-state index < -0.39 is 0 Å². The van der Waals surface area contributed by atoms with Gasteiger partial charge in [0.1, 0.15) is 0 Å². The molecule has 0 unspecified atom stereocenters. The fourth-order valence-electron chi connectivity index (χ4n) is 6.19. The maximum atomic E-state index is 5.15. The van der Waals surface area contributed by atoms with Gasteiger partial charge in [-0.1, -0.05) is 115 Å². The van der Waals surface area contributed by atoms with Gasteiger partial charge in [-0.05, 0) is 23.6 Å². The Hall–Kier alpha value is -5.39. The molecule has 0 radical (unpaired) electrons. The van der Waals surface area contributed by atoms with Crippen LogP contribution in [0.5, 0.6) is 0 Å². The van der Waals surface area contributed by atoms with Crippen LogP contribution < -0.4 is 0 Å². The first kappa shape index (κ1) is 23.3. The summed E-state index contributed by atoms with van der Waals surface area (Å²) in [5.74, 6) is 1.91. The van der Waals surface area contributed by atoms with Gasteiger partial charge < -0.3 is 0 Å². The summed E-state index contributed by atoms with van der Waals surface area (Å²) in [6.45, 7) is 0. The van der Waals surface area contributed by atoms with Crippen molar-refractivity contribution in [3.05, 3.63) is 133 Å². The lowest BCUT2D eigenvalue weighted by Crippen LogP contribution is -2.06. The Morgan fingerprint density at radius 3 is 1.83 bits per heavy atom. The molecule has 3 heterocycles. The van der Waals surface area contributed by atoms with Crippen molar-refractivity contribution in [2.75, 3.05) is 0 Å². The van der Waals surface area contributed by atoms with Crippen molar-refractivity contribution in [3.63, 3.8) is 0 Å². The average molecular weight is 555 g/mol. The van der Waals surface area contributed by atoms with Crippen LogP contribution in [0.15, 0.2) is 133 Å². The SMILES string of the molecule is c1ccc(-c2nc(-c3ccccc3)nc(-n3c4ccc5sc6ccccc6c5c4c4ccc5ccccc5c43)n2)cc1. The topological polar surface area (TPSA) is 43.6 Å². The maximum Gasteiger partial charge on any atom is 0.238 e. The van der Waals surface area contributed by atoms with E-state index in [1.807, 2.05) is 47.7 Å². The molecule has 0 aliphatic heterocycles. The molecule has 0 aliphatic carbocycles. The van der Waals surface area contributed by atoms with Gasteiger partial charge in [-0.3, -0.25) is 4.57 Å². The van der Waals surface area contributed by atoms with Crippen LogP contribution in [0.3, 0.4) is 0 Å². The zero-order chi connectivity index (χ0) is 27.6. The van der Waals surface area contributed by atoms with Crippen LogP contribution in [0.1, 0.15) is 0 Å². The van der Waals surface area contributed by atoms with Crippen LogP contribution in [0.4, 0.5) is 0 Å². The fourth-order valence-corrected chi connectivity index (χ4v) is 7.30. The Morgan fingerprint density at radius 1 is 0.452 bits per heavy atom. The molecule has 0 bridgehead atoms. The first-order valence-electron chi connectivity index (χ1n) is 14.0. The van der Waals surface area contributed by atoms with Gasteiger partial charge in [0.05, 0.1) is 11.0 Å². The number of hydrogen-bond donors (Lipinski definition) is 0. The molecule has 9 aromatic rings. The first-order chi connectivity index (χ1) is 20.8. The molecule has 0 N–H and O–H groups in total. The van der Waals surface area contributed by atoms with Gasteiger partial charge in [-0.15, -0.1) is 11.3 Å². The van der Waals surface area contributed by atoms with E-state index in [-0.39, 0.29) is 0 Å². The monoisotopic (exact) mass is 554 g/mol. The summed E-state index contributed by atoms with van der Waals surface area (Å²) in [5, 5.41) is 7.34. The van der Waals surface area contributed by atoms with Gasteiger partial charge in [0, 0.05) is 47.5 Å². The van der Waals surface area contributed by atoms with Crippen molar-refractivity contribution in [1.29, 1.82) is 0 Å². The van der Waals surface area contributed by atoms with E-state index in [2.05, 4.69) is 102 Å². The minimum Gasteiger partial charge on any atom is -0.277 e. The first-order valence-corrected chi connectivity index (χ1v) is 14.8. The van der Waals surface area contributed by atoms with Crippen LogP contribution in [-0.2, 0) is 0 Å². The predicted molar refractivity (Wildman–Crippen MR) is 175 cm³/mol. The number of hydrogen-bond acceptors (Lipinski definition) is 4. The Balaban J connectivity index is 1.48. The summed E-state index contributed by atoms with van der Waals surface area (Å²) in [6, 6.07) is 46.6. The lowest BCUT2D eigenvalue weighted by atomic mass is 10.0. The Bertz CT molecular complexity index is 2400. The Morgan fingerprint density at radius 2 is 1.10 bits per heavy atom. The molecular formula is C37H22N4S. The molecule has 5 heteroatoms. The van der Waals surface area contributed by atoms with E-state index in [4.69, 9.17) is 15.0 Å². The van der Waals surface area contributed by atoms with Crippen LogP contribution in [-0.4, -0.2) is 19.5 Å². The highest BCUT2D eigenvalue weighted by Crippen LogP contribution is 2.44. The van der Waals surface area contributed by atoms with E-state index in [1.54, 1.807) is 0 Å². The molecule has 0 aliphatic rings. The van der Waals surface area contributed by atoms with E-state index >= 15 is 0 Å². The highest BCUT2D eigenvalue weighted by atomic mass is 32.1. The standard InChI is InChI=1S/C37H22N4S/c1-3-12-24(13-4-1)35-38-36(25-14-5-2-6-15-25)40-37(39-35)41-29-21-22-31-33(27-17-9-10-18-30(27)42-31)32(29)28-20-19-23-11-7-8-16-26(23)34(28)41/h1-22H. The Kier molecular flexibility index (Phi) is 5.03. The molecule has 0 fully saturated rings. The Labute approximate surface area is 245 Å². The summed E-state index contributed by atoms with van der Waals surface area (Å²) in [4.78, 5) is 15.3. The van der Waals surface area contributed by atoms with Crippen molar-refractivity contribution in [2.45, 2.75) is 0 Å². The molecule has 3 aromatic heterocycles. The average Bonchev–Trinajstić information content (AvgIpc) is 3.61. The van der Waals surface area contributed by atoms with E-state index in [9.17, 15) is 0 Å². The summed E-state index contributed by atoms with van der Waals surface area (Å²) in [6.07, 6.45) is 0. The largest absolute Gasteiger partial charge is 0.277 e. The van der Waals surface area contributed by atoms with Crippen molar-refractivity contribution < 1.29 is 0 Å². The van der Waals surface area contributed by atoms with Gasteiger partial charge in [-0.25, -0.2) is 4.98 Å². The number of aromatic nitrogens is 4. The van der Waals surface area contributed by atoms with E-state index in [0.717, 1.165) is 22.2 Å². The zero-order valence-electron chi connectivity index (χ0n) is 22.4. The molecule has 196 valence electrons. The molecule has 4 nitrogen and oxygen atoms in total. The highest BCUT2D eigenvalue weighted by molar-refractivity contribution is 7.26. The number of rotatable bonds is 3. The molecule has 6 aromatic carbocycles. The van der Waals surface area contributed by atoms with Crippen molar-refractivity contribution in [1.82, 2.24) is 19.5 Å². The predicted octanol–water partition coefficient (Wildman–Crippen LogP) is 9.82. The highest BCUT2D eigenvalue weighted by Gasteiger charge is 2.22. The maximum absolute atomic E-state index is 5.15. The van der Waals surface area contributed by atoms with Gasteiger partial charge in [0.25, 0.3) is 0 Å². The molecule has 9 rings (SSSR count). The van der Waals surface area contributed by atoms with Crippen LogP contribution >= 0.6 is 11.3 Å². The minimum atomic E-state index is 0.609. The minimum absolute atomic E-state index is 0.609. The lowest BCUT2D eigenvalue weighted by Gasteiger charge is -2.12. The van der Waals surface area contributed by atoms with Crippen LogP contribution in [0, 0.1) is 0 Å². The van der Waals surface area contributed by atoms with Gasteiger partial charge >= 0.3 is 0 Å². The molecular weight excluding hydrogens is 533 g/mol.